The number of hydrogen-bond donors (Lipinski definition) is 1. The zero-order valence-electron chi connectivity index (χ0n) is 11.1. The van der Waals surface area contributed by atoms with Crippen molar-refractivity contribution in [3.05, 3.63) is 35.4 Å². The van der Waals surface area contributed by atoms with Crippen LogP contribution in [0.3, 0.4) is 0 Å². The SMILES string of the molecule is CCC(C)c1ccc(CCNCC(C)=O)cc1. The van der Waals surface area contributed by atoms with E-state index in [0.29, 0.717) is 12.5 Å². The molecule has 0 aliphatic heterocycles. The van der Waals surface area contributed by atoms with Crippen LogP contribution in [0.1, 0.15) is 44.2 Å². The average Bonchev–Trinajstić information content (AvgIpc) is 2.34. The Balaban J connectivity index is 2.38. The van der Waals surface area contributed by atoms with Crippen LogP contribution in [0, 0.1) is 0 Å². The predicted octanol–water partition coefficient (Wildman–Crippen LogP) is 2.92. The van der Waals surface area contributed by atoms with Crippen molar-refractivity contribution >= 4 is 5.78 Å². The third kappa shape index (κ3) is 5.14. The molecule has 1 aromatic rings. The Hall–Kier alpha value is -1.15. The molecule has 0 saturated heterocycles. The number of ketones is 1. The van der Waals surface area contributed by atoms with Crippen molar-refractivity contribution in [2.45, 2.75) is 39.5 Å². The lowest BCUT2D eigenvalue weighted by Gasteiger charge is -2.09. The minimum atomic E-state index is 0.192. The van der Waals surface area contributed by atoms with Crippen molar-refractivity contribution in [3.8, 4) is 0 Å². The number of carbonyl (C=O) groups excluding carboxylic acids is 1. The molecule has 1 rings (SSSR count). The maximum Gasteiger partial charge on any atom is 0.143 e. The van der Waals surface area contributed by atoms with Crippen LogP contribution in [0.25, 0.3) is 0 Å². The van der Waals surface area contributed by atoms with Gasteiger partial charge in [-0.15, -0.1) is 0 Å². The van der Waals surface area contributed by atoms with Gasteiger partial charge >= 0.3 is 0 Å². The van der Waals surface area contributed by atoms with Gasteiger partial charge in [-0.05, 0) is 43.4 Å². The van der Waals surface area contributed by atoms with Crippen molar-refractivity contribution < 1.29 is 4.79 Å². The molecule has 94 valence electrons. The van der Waals surface area contributed by atoms with Crippen LogP contribution in [-0.2, 0) is 11.2 Å². The quantitative estimate of drug-likeness (QED) is 0.734. The normalized spacial score (nSPS) is 12.4. The van der Waals surface area contributed by atoms with E-state index < -0.39 is 0 Å². The molecule has 1 unspecified atom stereocenters. The highest BCUT2D eigenvalue weighted by molar-refractivity contribution is 5.77. The third-order valence-corrected chi connectivity index (χ3v) is 3.13. The molecule has 1 N–H and O–H groups in total. The molecule has 1 aromatic carbocycles. The summed E-state index contributed by atoms with van der Waals surface area (Å²) in [5, 5.41) is 3.13. The highest BCUT2D eigenvalue weighted by atomic mass is 16.1. The molecule has 0 spiro atoms. The van der Waals surface area contributed by atoms with Gasteiger partial charge in [0.2, 0.25) is 0 Å². The molecule has 0 saturated carbocycles. The molecule has 0 radical (unpaired) electrons. The van der Waals surface area contributed by atoms with E-state index in [9.17, 15) is 4.79 Å². The third-order valence-electron chi connectivity index (χ3n) is 3.13. The van der Waals surface area contributed by atoms with Gasteiger partial charge in [0.1, 0.15) is 5.78 Å². The number of Topliss-reactive ketones (excluding diaryl/α,β-unsaturated/α-hetero) is 1. The lowest BCUT2D eigenvalue weighted by molar-refractivity contribution is -0.116. The maximum atomic E-state index is 10.7. The van der Waals surface area contributed by atoms with Crippen molar-refractivity contribution in [1.29, 1.82) is 0 Å². The smallest absolute Gasteiger partial charge is 0.143 e. The number of rotatable bonds is 7. The van der Waals surface area contributed by atoms with E-state index in [1.165, 1.54) is 17.5 Å². The zero-order chi connectivity index (χ0) is 12.7. The highest BCUT2D eigenvalue weighted by Gasteiger charge is 2.02. The van der Waals surface area contributed by atoms with Gasteiger partial charge in [0.25, 0.3) is 0 Å². The molecule has 0 aliphatic carbocycles. The van der Waals surface area contributed by atoms with Gasteiger partial charge < -0.3 is 5.32 Å². The molecule has 1 atom stereocenters. The van der Waals surface area contributed by atoms with Gasteiger partial charge in [0, 0.05) is 0 Å². The molecular formula is C15H23NO. The maximum absolute atomic E-state index is 10.7. The predicted molar refractivity (Wildman–Crippen MR) is 72.4 cm³/mol. The fourth-order valence-electron chi connectivity index (χ4n) is 1.75. The van der Waals surface area contributed by atoms with Gasteiger partial charge in [-0.25, -0.2) is 0 Å². The van der Waals surface area contributed by atoms with Crippen LogP contribution in [-0.4, -0.2) is 18.9 Å². The van der Waals surface area contributed by atoms with Crippen molar-refractivity contribution in [3.63, 3.8) is 0 Å². The largest absolute Gasteiger partial charge is 0.310 e. The lowest BCUT2D eigenvalue weighted by atomic mass is 9.97. The van der Waals surface area contributed by atoms with Gasteiger partial charge in [0.05, 0.1) is 6.54 Å². The molecule has 0 amide bonds. The van der Waals surface area contributed by atoms with E-state index in [4.69, 9.17) is 0 Å². The van der Waals surface area contributed by atoms with Gasteiger partial charge in [-0.1, -0.05) is 38.1 Å². The Morgan fingerprint density at radius 3 is 2.47 bits per heavy atom. The fraction of sp³-hybridized carbons (Fsp3) is 0.533. The summed E-state index contributed by atoms with van der Waals surface area (Å²) in [5.74, 6) is 0.831. The number of nitrogens with one attached hydrogen (secondary N) is 1. The van der Waals surface area contributed by atoms with Crippen LogP contribution in [0.2, 0.25) is 0 Å². The summed E-state index contributed by atoms with van der Waals surface area (Å²) >= 11 is 0. The fourth-order valence-corrected chi connectivity index (χ4v) is 1.75. The molecule has 0 bridgehead atoms. The van der Waals surface area contributed by atoms with Crippen LogP contribution >= 0.6 is 0 Å². The summed E-state index contributed by atoms with van der Waals surface area (Å²) in [6, 6.07) is 8.82. The Bertz CT molecular complexity index is 342. The summed E-state index contributed by atoms with van der Waals surface area (Å²) < 4.78 is 0. The standard InChI is InChI=1S/C15H23NO/c1-4-12(2)15-7-5-14(6-8-15)9-10-16-11-13(3)17/h5-8,12,16H,4,9-11H2,1-3H3. The highest BCUT2D eigenvalue weighted by Crippen LogP contribution is 2.18. The van der Waals surface area contributed by atoms with E-state index in [-0.39, 0.29) is 5.78 Å². The summed E-state index contributed by atoms with van der Waals surface area (Å²) in [7, 11) is 0. The monoisotopic (exact) mass is 233 g/mol. The molecule has 0 aromatic heterocycles. The molecular weight excluding hydrogens is 210 g/mol. The first kappa shape index (κ1) is 13.9. The van der Waals surface area contributed by atoms with Gasteiger partial charge in [-0.2, -0.15) is 0 Å². The van der Waals surface area contributed by atoms with E-state index >= 15 is 0 Å². The summed E-state index contributed by atoms with van der Waals surface area (Å²) in [5.41, 5.74) is 2.74. The zero-order valence-corrected chi connectivity index (χ0v) is 11.1. The average molecular weight is 233 g/mol. The van der Waals surface area contributed by atoms with Crippen LogP contribution in [0.5, 0.6) is 0 Å². The lowest BCUT2D eigenvalue weighted by Crippen LogP contribution is -2.23. The Kier molecular flexibility index (Phi) is 5.92. The van der Waals surface area contributed by atoms with Crippen molar-refractivity contribution in [2.24, 2.45) is 0 Å². The van der Waals surface area contributed by atoms with Gasteiger partial charge in [-0.3, -0.25) is 4.79 Å². The van der Waals surface area contributed by atoms with Gasteiger partial charge in [0.15, 0.2) is 0 Å². The Labute approximate surface area is 104 Å². The van der Waals surface area contributed by atoms with Crippen LogP contribution < -0.4 is 5.32 Å². The van der Waals surface area contributed by atoms with E-state index in [2.05, 4.69) is 43.4 Å². The van der Waals surface area contributed by atoms with Crippen LogP contribution in [0.15, 0.2) is 24.3 Å². The molecule has 2 nitrogen and oxygen atoms in total. The number of benzene rings is 1. The second-order valence-electron chi connectivity index (χ2n) is 4.68. The summed E-state index contributed by atoms with van der Waals surface area (Å²) in [6.07, 6.45) is 2.16. The van der Waals surface area contributed by atoms with Crippen molar-refractivity contribution in [1.82, 2.24) is 5.32 Å². The second kappa shape index (κ2) is 7.23. The molecule has 17 heavy (non-hydrogen) atoms. The summed E-state index contributed by atoms with van der Waals surface area (Å²) in [4.78, 5) is 10.7. The molecule has 2 heteroatoms. The van der Waals surface area contributed by atoms with E-state index in [1.54, 1.807) is 6.92 Å². The second-order valence-corrected chi connectivity index (χ2v) is 4.68. The van der Waals surface area contributed by atoms with E-state index in [0.717, 1.165) is 13.0 Å². The molecule has 0 aliphatic rings. The minimum Gasteiger partial charge on any atom is -0.310 e. The number of hydrogen-bond acceptors (Lipinski definition) is 2. The topological polar surface area (TPSA) is 29.1 Å². The van der Waals surface area contributed by atoms with Crippen LogP contribution in [0.4, 0.5) is 0 Å². The first-order chi connectivity index (χ1) is 8.13. The first-order valence-electron chi connectivity index (χ1n) is 6.42. The Morgan fingerprint density at radius 1 is 1.29 bits per heavy atom. The van der Waals surface area contributed by atoms with E-state index in [1.807, 2.05) is 0 Å². The molecule has 0 fully saturated rings. The minimum absolute atomic E-state index is 0.192. The summed E-state index contributed by atoms with van der Waals surface area (Å²) in [6.45, 7) is 7.41. The number of carbonyl (C=O) groups is 1. The molecule has 0 heterocycles. The van der Waals surface area contributed by atoms with Crippen molar-refractivity contribution in [2.75, 3.05) is 13.1 Å². The Morgan fingerprint density at radius 2 is 1.94 bits per heavy atom. The first-order valence-corrected chi connectivity index (χ1v) is 6.42.